The predicted octanol–water partition coefficient (Wildman–Crippen LogP) is 2.72. The zero-order valence-electron chi connectivity index (χ0n) is 17.9. The van der Waals surface area contributed by atoms with Crippen molar-refractivity contribution >= 4 is 16.9 Å². The minimum Gasteiger partial charge on any atom is -0.383 e. The van der Waals surface area contributed by atoms with E-state index in [0.29, 0.717) is 25.4 Å². The van der Waals surface area contributed by atoms with Crippen LogP contribution in [0.2, 0.25) is 0 Å². The Morgan fingerprint density at radius 3 is 2.87 bits per heavy atom. The predicted molar refractivity (Wildman–Crippen MR) is 117 cm³/mol. The van der Waals surface area contributed by atoms with Crippen LogP contribution in [0.1, 0.15) is 22.6 Å². The molecule has 0 atom stereocenters. The molecule has 0 saturated heterocycles. The van der Waals surface area contributed by atoms with E-state index in [9.17, 15) is 4.79 Å². The highest BCUT2D eigenvalue weighted by Gasteiger charge is 2.23. The summed E-state index contributed by atoms with van der Waals surface area (Å²) >= 11 is 0. The molecule has 1 amide bonds. The van der Waals surface area contributed by atoms with E-state index in [4.69, 9.17) is 4.74 Å². The van der Waals surface area contributed by atoms with Gasteiger partial charge in [0.25, 0.3) is 5.91 Å². The number of ether oxygens (including phenoxy) is 1. The van der Waals surface area contributed by atoms with Gasteiger partial charge in [0.2, 0.25) is 0 Å². The fourth-order valence-electron chi connectivity index (χ4n) is 4.11. The van der Waals surface area contributed by atoms with Crippen molar-refractivity contribution in [3.63, 3.8) is 0 Å². The Morgan fingerprint density at radius 2 is 2.03 bits per heavy atom. The molecular formula is C22H25N7O2. The molecule has 0 fully saturated rings. The molecule has 0 spiro atoms. The second-order valence-electron chi connectivity index (χ2n) is 7.94. The SMILES string of the molecule is COCCn1cc2c(n1)C(=O)N(C)CCCn1cc(c(C)n1)-c1c[nH]c3ncc-2cc13. The van der Waals surface area contributed by atoms with Gasteiger partial charge < -0.3 is 14.6 Å². The molecule has 0 aliphatic carbocycles. The summed E-state index contributed by atoms with van der Waals surface area (Å²) in [5.41, 5.74) is 5.98. The molecule has 160 valence electrons. The molecule has 1 aliphatic heterocycles. The molecule has 4 bridgehead atoms. The van der Waals surface area contributed by atoms with Crippen molar-refractivity contribution in [1.82, 2.24) is 34.4 Å². The van der Waals surface area contributed by atoms with Crippen LogP contribution in [0.5, 0.6) is 0 Å². The van der Waals surface area contributed by atoms with Gasteiger partial charge in [-0.1, -0.05) is 0 Å². The number of hydrogen-bond acceptors (Lipinski definition) is 5. The van der Waals surface area contributed by atoms with E-state index in [2.05, 4.69) is 32.4 Å². The summed E-state index contributed by atoms with van der Waals surface area (Å²) < 4.78 is 8.91. The number of hydrogen-bond donors (Lipinski definition) is 1. The number of pyridine rings is 1. The second kappa shape index (κ2) is 7.66. The fourth-order valence-corrected chi connectivity index (χ4v) is 4.11. The van der Waals surface area contributed by atoms with E-state index in [0.717, 1.165) is 51.9 Å². The first-order chi connectivity index (χ1) is 15.0. The number of carbonyl (C=O) groups excluding carboxylic acids is 1. The number of aryl methyl sites for hydroxylation is 2. The van der Waals surface area contributed by atoms with Crippen LogP contribution in [-0.4, -0.2) is 67.6 Å². The average molecular weight is 419 g/mol. The summed E-state index contributed by atoms with van der Waals surface area (Å²) in [6.07, 6.45) is 8.55. The van der Waals surface area contributed by atoms with Crippen molar-refractivity contribution in [2.75, 3.05) is 27.3 Å². The third kappa shape index (κ3) is 3.40. The summed E-state index contributed by atoms with van der Waals surface area (Å²) in [4.78, 5) is 22.9. The molecule has 9 nitrogen and oxygen atoms in total. The Hall–Kier alpha value is -3.46. The Balaban J connectivity index is 1.72. The third-order valence-corrected chi connectivity index (χ3v) is 5.79. The first kappa shape index (κ1) is 19.5. The van der Waals surface area contributed by atoms with Crippen molar-refractivity contribution in [3.8, 4) is 22.3 Å². The highest BCUT2D eigenvalue weighted by molar-refractivity contribution is 6.01. The Labute approximate surface area is 179 Å². The van der Waals surface area contributed by atoms with Crippen LogP contribution >= 0.6 is 0 Å². The van der Waals surface area contributed by atoms with E-state index in [1.165, 1.54) is 0 Å². The number of carbonyl (C=O) groups is 1. The van der Waals surface area contributed by atoms with Crippen molar-refractivity contribution in [2.24, 2.45) is 0 Å². The minimum atomic E-state index is -0.102. The highest BCUT2D eigenvalue weighted by Crippen LogP contribution is 2.33. The van der Waals surface area contributed by atoms with Crippen molar-refractivity contribution in [2.45, 2.75) is 26.4 Å². The van der Waals surface area contributed by atoms with Gasteiger partial charge in [-0.15, -0.1) is 0 Å². The summed E-state index contributed by atoms with van der Waals surface area (Å²) in [7, 11) is 3.47. The Morgan fingerprint density at radius 1 is 1.16 bits per heavy atom. The van der Waals surface area contributed by atoms with Crippen molar-refractivity contribution in [1.29, 1.82) is 0 Å². The summed E-state index contributed by atoms with van der Waals surface area (Å²) in [6.45, 7) is 4.47. The lowest BCUT2D eigenvalue weighted by atomic mass is 10.0. The van der Waals surface area contributed by atoms with Crippen LogP contribution in [0.25, 0.3) is 33.3 Å². The molecule has 4 aromatic rings. The monoisotopic (exact) mass is 419 g/mol. The molecule has 1 N–H and O–H groups in total. The Bertz CT molecular complexity index is 1270. The lowest BCUT2D eigenvalue weighted by Crippen LogP contribution is -2.29. The molecular weight excluding hydrogens is 394 g/mol. The van der Waals surface area contributed by atoms with Crippen LogP contribution in [0.3, 0.4) is 0 Å². The number of methoxy groups -OCH3 is 1. The molecule has 0 radical (unpaired) electrons. The number of fused-ring (bicyclic) bond motifs is 6. The number of nitrogens with one attached hydrogen (secondary N) is 1. The molecule has 0 unspecified atom stereocenters. The summed E-state index contributed by atoms with van der Waals surface area (Å²) in [5.74, 6) is -0.102. The maximum Gasteiger partial charge on any atom is 0.274 e. The smallest absolute Gasteiger partial charge is 0.274 e. The molecule has 9 heteroatoms. The molecule has 0 aromatic carbocycles. The molecule has 4 aromatic heterocycles. The maximum atomic E-state index is 13.3. The lowest BCUT2D eigenvalue weighted by Gasteiger charge is -2.17. The van der Waals surface area contributed by atoms with Crippen LogP contribution in [0.4, 0.5) is 0 Å². The normalized spacial score (nSPS) is 14.3. The van der Waals surface area contributed by atoms with Crippen LogP contribution in [0.15, 0.2) is 30.9 Å². The van der Waals surface area contributed by atoms with Gasteiger partial charge in [-0.2, -0.15) is 10.2 Å². The molecule has 0 saturated carbocycles. The van der Waals surface area contributed by atoms with E-state index in [1.807, 2.05) is 31.0 Å². The Kier molecular flexibility index (Phi) is 4.82. The number of amides is 1. The van der Waals surface area contributed by atoms with Crippen LogP contribution < -0.4 is 0 Å². The largest absolute Gasteiger partial charge is 0.383 e. The van der Waals surface area contributed by atoms with Crippen LogP contribution in [-0.2, 0) is 17.8 Å². The van der Waals surface area contributed by atoms with Gasteiger partial charge in [-0.25, -0.2) is 4.98 Å². The maximum absolute atomic E-state index is 13.3. The van der Waals surface area contributed by atoms with Crippen molar-refractivity contribution < 1.29 is 9.53 Å². The van der Waals surface area contributed by atoms with Crippen LogP contribution in [0, 0.1) is 6.92 Å². The van der Waals surface area contributed by atoms with Gasteiger partial charge in [-0.05, 0) is 19.4 Å². The number of nitrogens with zero attached hydrogens (tertiary/aromatic N) is 6. The second-order valence-corrected chi connectivity index (χ2v) is 7.94. The van der Waals surface area contributed by atoms with E-state index in [1.54, 1.807) is 22.9 Å². The first-order valence-corrected chi connectivity index (χ1v) is 10.4. The summed E-state index contributed by atoms with van der Waals surface area (Å²) in [6, 6.07) is 2.07. The van der Waals surface area contributed by atoms with Gasteiger partial charge in [-0.3, -0.25) is 14.2 Å². The standard InChI is InChI=1S/C22H25N7O2/c1-14-18-12-28(25-14)6-4-5-27(2)22(30)20-19(13-29(26-20)7-8-31-3)15-9-16-17(18)11-24-21(16)23-10-15/h9-13H,4-8H2,1-3H3,(H,23,24). The third-order valence-electron chi connectivity index (χ3n) is 5.79. The number of aromatic amines is 1. The van der Waals surface area contributed by atoms with Gasteiger partial charge >= 0.3 is 0 Å². The molecule has 1 aliphatic rings. The van der Waals surface area contributed by atoms with Gasteiger partial charge in [0.1, 0.15) is 5.65 Å². The lowest BCUT2D eigenvalue weighted by molar-refractivity contribution is 0.0785. The van der Waals surface area contributed by atoms with Gasteiger partial charge in [0.05, 0.1) is 18.8 Å². The molecule has 5 rings (SSSR count). The average Bonchev–Trinajstić information content (AvgIpc) is 3.47. The fraction of sp³-hybridized carbons (Fsp3) is 0.364. The summed E-state index contributed by atoms with van der Waals surface area (Å²) in [5, 5.41) is 10.3. The number of rotatable bonds is 3. The minimum absolute atomic E-state index is 0.102. The van der Waals surface area contributed by atoms with Gasteiger partial charge in [0.15, 0.2) is 5.69 Å². The van der Waals surface area contributed by atoms with E-state index >= 15 is 0 Å². The zero-order chi connectivity index (χ0) is 21.5. The quantitative estimate of drug-likeness (QED) is 0.551. The number of aromatic nitrogens is 6. The van der Waals surface area contributed by atoms with E-state index in [-0.39, 0.29) is 5.91 Å². The molecule has 31 heavy (non-hydrogen) atoms. The number of H-pyrrole nitrogens is 1. The topological polar surface area (TPSA) is 93.9 Å². The molecule has 5 heterocycles. The van der Waals surface area contributed by atoms with Gasteiger partial charge in [0, 0.05) is 79.7 Å². The van der Waals surface area contributed by atoms with E-state index < -0.39 is 0 Å². The zero-order valence-corrected chi connectivity index (χ0v) is 17.9. The van der Waals surface area contributed by atoms with Crippen molar-refractivity contribution in [3.05, 3.63) is 42.2 Å². The highest BCUT2D eigenvalue weighted by atomic mass is 16.5. The first-order valence-electron chi connectivity index (χ1n) is 10.4.